The molecule has 1 nitrogen and oxygen atoms in total. The number of hydrogen-bond donors (Lipinski definition) is 1. The lowest BCUT2D eigenvalue weighted by atomic mass is 9.81. The number of likely N-dealkylation sites (N-methyl/N-ethyl adjacent to an activating group) is 1. The Kier molecular flexibility index (Phi) is 3.34. The van der Waals surface area contributed by atoms with E-state index >= 15 is 0 Å². The van der Waals surface area contributed by atoms with Gasteiger partial charge in [-0.1, -0.05) is 24.6 Å². The highest BCUT2D eigenvalue weighted by Crippen LogP contribution is 2.49. The van der Waals surface area contributed by atoms with Crippen molar-refractivity contribution in [3.05, 3.63) is 34.9 Å². The molecular weight excluding hydrogens is 242 g/mol. The van der Waals surface area contributed by atoms with E-state index in [1.165, 1.54) is 51.4 Å². The zero-order chi connectivity index (χ0) is 13.5. The maximum Gasteiger partial charge on any atom is 0.0135 e. The molecule has 3 aliphatic carbocycles. The van der Waals surface area contributed by atoms with Crippen molar-refractivity contribution < 1.29 is 0 Å². The summed E-state index contributed by atoms with van der Waals surface area (Å²) in [6.07, 6.45) is 11.2. The number of benzene rings is 1. The molecule has 2 bridgehead atoms. The average molecular weight is 269 g/mol. The first-order valence-corrected chi connectivity index (χ1v) is 8.61. The lowest BCUT2D eigenvalue weighted by Crippen LogP contribution is -2.38. The van der Waals surface area contributed by atoms with Crippen LogP contribution in [0.3, 0.4) is 0 Å². The average Bonchev–Trinajstić information content (AvgIpc) is 3.19. The van der Waals surface area contributed by atoms with Gasteiger partial charge >= 0.3 is 0 Å². The normalized spacial score (nSPS) is 32.5. The smallest absolute Gasteiger partial charge is 0.0135 e. The summed E-state index contributed by atoms with van der Waals surface area (Å²) in [4.78, 5) is 0. The Bertz CT molecular complexity index is 493. The molecular formula is C19H27N. The monoisotopic (exact) mass is 269 g/mol. The molecule has 1 heteroatoms. The van der Waals surface area contributed by atoms with Gasteiger partial charge < -0.3 is 5.32 Å². The van der Waals surface area contributed by atoms with Gasteiger partial charge in [0.05, 0.1) is 0 Å². The van der Waals surface area contributed by atoms with Crippen molar-refractivity contribution in [2.24, 2.45) is 17.8 Å². The van der Waals surface area contributed by atoms with Crippen molar-refractivity contribution in [1.29, 1.82) is 0 Å². The highest BCUT2D eigenvalue weighted by atomic mass is 14.9. The van der Waals surface area contributed by atoms with E-state index in [4.69, 9.17) is 0 Å². The Labute approximate surface area is 123 Å². The van der Waals surface area contributed by atoms with Crippen LogP contribution in [0.25, 0.3) is 0 Å². The highest BCUT2D eigenvalue weighted by Gasteiger charge is 2.42. The van der Waals surface area contributed by atoms with Crippen LogP contribution in [0, 0.1) is 17.8 Å². The summed E-state index contributed by atoms with van der Waals surface area (Å²) in [5, 5.41) is 3.65. The molecule has 0 aliphatic heterocycles. The van der Waals surface area contributed by atoms with Crippen LogP contribution in [0.1, 0.15) is 48.8 Å². The summed E-state index contributed by atoms with van der Waals surface area (Å²) >= 11 is 0. The van der Waals surface area contributed by atoms with Crippen LogP contribution in [0.15, 0.2) is 18.2 Å². The number of aryl methyl sites for hydroxylation is 2. The molecule has 0 amide bonds. The van der Waals surface area contributed by atoms with Crippen LogP contribution in [0.4, 0.5) is 0 Å². The fraction of sp³-hybridized carbons (Fsp3) is 0.684. The maximum absolute atomic E-state index is 3.65. The van der Waals surface area contributed by atoms with E-state index in [0.717, 1.165) is 17.8 Å². The molecule has 4 unspecified atom stereocenters. The molecule has 3 aliphatic rings. The Morgan fingerprint density at radius 2 is 2.05 bits per heavy atom. The SMILES string of the molecule is CNC(Cc1ccc2c(c1)CCC2)C1CC2CCC1C2. The molecule has 0 aromatic heterocycles. The van der Waals surface area contributed by atoms with E-state index in [0.29, 0.717) is 6.04 Å². The third kappa shape index (κ3) is 2.20. The van der Waals surface area contributed by atoms with Gasteiger partial charge in [0, 0.05) is 6.04 Å². The summed E-state index contributed by atoms with van der Waals surface area (Å²) in [5.41, 5.74) is 4.80. The second-order valence-corrected chi connectivity index (χ2v) is 7.39. The van der Waals surface area contributed by atoms with Gasteiger partial charge in [-0.05, 0) is 86.4 Å². The van der Waals surface area contributed by atoms with E-state index in [1.54, 1.807) is 16.7 Å². The first-order valence-electron chi connectivity index (χ1n) is 8.61. The van der Waals surface area contributed by atoms with Gasteiger partial charge in [0.15, 0.2) is 0 Å². The number of nitrogens with one attached hydrogen (secondary N) is 1. The minimum atomic E-state index is 0.699. The van der Waals surface area contributed by atoms with Crippen molar-refractivity contribution in [2.75, 3.05) is 7.05 Å². The van der Waals surface area contributed by atoms with Gasteiger partial charge in [0.2, 0.25) is 0 Å². The molecule has 0 heterocycles. The molecule has 4 rings (SSSR count). The van der Waals surface area contributed by atoms with Crippen LogP contribution in [0.5, 0.6) is 0 Å². The second kappa shape index (κ2) is 5.18. The van der Waals surface area contributed by atoms with Crippen LogP contribution in [0.2, 0.25) is 0 Å². The fourth-order valence-electron chi connectivity index (χ4n) is 5.26. The maximum atomic E-state index is 3.65. The molecule has 0 spiro atoms. The molecule has 1 aromatic carbocycles. The molecule has 1 N–H and O–H groups in total. The summed E-state index contributed by atoms with van der Waals surface area (Å²) in [7, 11) is 2.17. The Hall–Kier alpha value is -0.820. The van der Waals surface area contributed by atoms with Gasteiger partial charge in [-0.3, -0.25) is 0 Å². The molecule has 108 valence electrons. The van der Waals surface area contributed by atoms with Gasteiger partial charge in [-0.2, -0.15) is 0 Å². The van der Waals surface area contributed by atoms with Crippen molar-refractivity contribution in [2.45, 2.75) is 57.4 Å². The molecule has 2 saturated carbocycles. The Balaban J connectivity index is 1.49. The third-order valence-electron chi connectivity index (χ3n) is 6.30. The van der Waals surface area contributed by atoms with Gasteiger partial charge in [0.25, 0.3) is 0 Å². The number of fused-ring (bicyclic) bond motifs is 3. The molecule has 20 heavy (non-hydrogen) atoms. The van der Waals surface area contributed by atoms with Crippen LogP contribution < -0.4 is 5.32 Å². The Morgan fingerprint density at radius 3 is 2.80 bits per heavy atom. The minimum Gasteiger partial charge on any atom is -0.316 e. The lowest BCUT2D eigenvalue weighted by Gasteiger charge is -2.30. The van der Waals surface area contributed by atoms with Gasteiger partial charge in [0.1, 0.15) is 0 Å². The minimum absolute atomic E-state index is 0.699. The number of hydrogen-bond acceptors (Lipinski definition) is 1. The summed E-state index contributed by atoms with van der Waals surface area (Å²) in [5.74, 6) is 3.01. The predicted molar refractivity (Wildman–Crippen MR) is 84.0 cm³/mol. The van der Waals surface area contributed by atoms with Crippen molar-refractivity contribution in [3.63, 3.8) is 0 Å². The molecule has 4 atom stereocenters. The summed E-state index contributed by atoms with van der Waals surface area (Å²) in [6.45, 7) is 0. The molecule has 0 radical (unpaired) electrons. The van der Waals surface area contributed by atoms with Crippen molar-refractivity contribution in [3.8, 4) is 0 Å². The molecule has 2 fully saturated rings. The lowest BCUT2D eigenvalue weighted by molar-refractivity contribution is 0.255. The second-order valence-electron chi connectivity index (χ2n) is 7.39. The largest absolute Gasteiger partial charge is 0.316 e. The van der Waals surface area contributed by atoms with E-state index < -0.39 is 0 Å². The van der Waals surface area contributed by atoms with Crippen LogP contribution in [-0.2, 0) is 19.3 Å². The summed E-state index contributed by atoms with van der Waals surface area (Å²) in [6, 6.07) is 7.98. The van der Waals surface area contributed by atoms with Crippen molar-refractivity contribution >= 4 is 0 Å². The topological polar surface area (TPSA) is 12.0 Å². The van der Waals surface area contributed by atoms with Gasteiger partial charge in [-0.25, -0.2) is 0 Å². The van der Waals surface area contributed by atoms with E-state index in [-0.39, 0.29) is 0 Å². The first-order chi connectivity index (χ1) is 9.83. The highest BCUT2D eigenvalue weighted by molar-refractivity contribution is 5.35. The molecule has 1 aromatic rings. The zero-order valence-corrected chi connectivity index (χ0v) is 12.7. The predicted octanol–water partition coefficient (Wildman–Crippen LogP) is 3.74. The zero-order valence-electron chi connectivity index (χ0n) is 12.7. The Morgan fingerprint density at radius 1 is 1.15 bits per heavy atom. The quantitative estimate of drug-likeness (QED) is 0.878. The van der Waals surface area contributed by atoms with E-state index in [9.17, 15) is 0 Å². The number of rotatable bonds is 4. The summed E-state index contributed by atoms with van der Waals surface area (Å²) < 4.78 is 0. The van der Waals surface area contributed by atoms with E-state index in [2.05, 4.69) is 30.6 Å². The van der Waals surface area contributed by atoms with Crippen LogP contribution in [-0.4, -0.2) is 13.1 Å². The van der Waals surface area contributed by atoms with E-state index in [1.807, 2.05) is 0 Å². The molecule has 0 saturated heterocycles. The standard InChI is InChI=1S/C19H27N/c1-20-19(18-11-13-6-8-17(18)10-13)12-14-5-7-15-3-2-4-16(15)9-14/h5,7,9,13,17-20H,2-4,6,8,10-12H2,1H3. The fourth-order valence-corrected chi connectivity index (χ4v) is 5.26. The van der Waals surface area contributed by atoms with Crippen molar-refractivity contribution in [1.82, 2.24) is 5.32 Å². The third-order valence-corrected chi connectivity index (χ3v) is 6.30. The van der Waals surface area contributed by atoms with Crippen LogP contribution >= 0.6 is 0 Å². The van der Waals surface area contributed by atoms with Gasteiger partial charge in [-0.15, -0.1) is 0 Å². The first kappa shape index (κ1) is 12.9.